The van der Waals surface area contributed by atoms with E-state index in [1.54, 1.807) is 18.2 Å². The standard InChI is InChI=1S/C18H15N3O3/c1-18(9-11-8-10(17(23)24)6-7-12(11)21-18)15-16(22)20-14-5-3-2-4-13(14)19-15/h2-8,21H,9H2,1H3,(H,20,22)(H,23,24). The number of aromatic nitrogens is 2. The maximum atomic E-state index is 12.5. The number of benzene rings is 2. The summed E-state index contributed by atoms with van der Waals surface area (Å²) >= 11 is 0. The molecule has 3 N–H and O–H groups in total. The Bertz CT molecular complexity index is 1040. The number of aromatic amines is 1. The zero-order valence-electron chi connectivity index (χ0n) is 13.0. The van der Waals surface area contributed by atoms with E-state index in [0.29, 0.717) is 17.6 Å². The summed E-state index contributed by atoms with van der Waals surface area (Å²) in [6.45, 7) is 1.90. The number of rotatable bonds is 2. The lowest BCUT2D eigenvalue weighted by Crippen LogP contribution is -2.37. The predicted octanol–water partition coefficient (Wildman–Crippen LogP) is 2.50. The van der Waals surface area contributed by atoms with Crippen LogP contribution in [0.25, 0.3) is 11.0 Å². The highest BCUT2D eigenvalue weighted by Crippen LogP contribution is 2.37. The van der Waals surface area contributed by atoms with E-state index in [0.717, 1.165) is 16.8 Å². The summed E-state index contributed by atoms with van der Waals surface area (Å²) in [5.41, 5.74) is 2.82. The highest BCUT2D eigenvalue weighted by molar-refractivity contribution is 5.89. The minimum atomic E-state index is -0.965. The van der Waals surface area contributed by atoms with Crippen LogP contribution in [0.4, 0.5) is 5.69 Å². The summed E-state index contributed by atoms with van der Waals surface area (Å²) in [6.07, 6.45) is 0.498. The third kappa shape index (κ3) is 2.15. The minimum Gasteiger partial charge on any atom is -0.478 e. The van der Waals surface area contributed by atoms with Crippen molar-refractivity contribution in [3.05, 3.63) is 69.6 Å². The van der Waals surface area contributed by atoms with Crippen LogP contribution in [0, 0.1) is 0 Å². The molecule has 4 rings (SSSR count). The van der Waals surface area contributed by atoms with E-state index in [4.69, 9.17) is 5.11 Å². The average molecular weight is 321 g/mol. The van der Waals surface area contributed by atoms with Crippen molar-refractivity contribution in [1.82, 2.24) is 9.97 Å². The van der Waals surface area contributed by atoms with Crippen molar-refractivity contribution in [3.63, 3.8) is 0 Å². The van der Waals surface area contributed by atoms with Crippen molar-refractivity contribution < 1.29 is 9.90 Å². The molecule has 120 valence electrons. The van der Waals surface area contributed by atoms with E-state index in [-0.39, 0.29) is 11.1 Å². The summed E-state index contributed by atoms with van der Waals surface area (Å²) in [7, 11) is 0. The zero-order valence-corrected chi connectivity index (χ0v) is 13.0. The van der Waals surface area contributed by atoms with Gasteiger partial charge in [-0.1, -0.05) is 12.1 Å². The molecule has 0 aliphatic carbocycles. The van der Waals surface area contributed by atoms with E-state index in [9.17, 15) is 9.59 Å². The van der Waals surface area contributed by atoms with Crippen LogP contribution in [-0.2, 0) is 12.0 Å². The van der Waals surface area contributed by atoms with Crippen LogP contribution in [0.2, 0.25) is 0 Å². The molecular formula is C18H15N3O3. The normalized spacial score (nSPS) is 19.0. The molecule has 6 heteroatoms. The van der Waals surface area contributed by atoms with Crippen LogP contribution >= 0.6 is 0 Å². The largest absolute Gasteiger partial charge is 0.478 e. The number of carboxylic acid groups (broad SMARTS) is 1. The molecule has 0 fully saturated rings. The molecule has 0 saturated carbocycles. The van der Waals surface area contributed by atoms with Crippen LogP contribution in [0.3, 0.4) is 0 Å². The number of anilines is 1. The van der Waals surface area contributed by atoms with E-state index >= 15 is 0 Å². The number of aromatic carboxylic acids is 1. The van der Waals surface area contributed by atoms with Crippen LogP contribution in [0.1, 0.15) is 28.5 Å². The summed E-state index contributed by atoms with van der Waals surface area (Å²) < 4.78 is 0. The van der Waals surface area contributed by atoms with Crippen LogP contribution < -0.4 is 10.9 Å². The summed E-state index contributed by atoms with van der Waals surface area (Å²) in [6, 6.07) is 12.3. The number of para-hydroxylation sites is 2. The van der Waals surface area contributed by atoms with Crippen LogP contribution in [0.5, 0.6) is 0 Å². The van der Waals surface area contributed by atoms with Gasteiger partial charge in [0.15, 0.2) is 0 Å². The van der Waals surface area contributed by atoms with Gasteiger partial charge in [-0.15, -0.1) is 0 Å². The maximum absolute atomic E-state index is 12.5. The molecule has 1 atom stereocenters. The van der Waals surface area contributed by atoms with E-state index < -0.39 is 11.5 Å². The number of nitrogens with zero attached hydrogens (tertiary/aromatic N) is 1. The number of carboxylic acids is 1. The number of carbonyl (C=O) groups is 1. The maximum Gasteiger partial charge on any atom is 0.335 e. The lowest BCUT2D eigenvalue weighted by atomic mass is 9.93. The van der Waals surface area contributed by atoms with Crippen molar-refractivity contribution in [2.45, 2.75) is 18.9 Å². The summed E-state index contributed by atoms with van der Waals surface area (Å²) in [5, 5.41) is 12.5. The minimum absolute atomic E-state index is 0.236. The molecule has 1 unspecified atom stereocenters. The lowest BCUT2D eigenvalue weighted by molar-refractivity contribution is 0.0697. The van der Waals surface area contributed by atoms with Gasteiger partial charge in [0, 0.05) is 12.1 Å². The zero-order chi connectivity index (χ0) is 16.9. The van der Waals surface area contributed by atoms with Crippen molar-refractivity contribution >= 4 is 22.7 Å². The van der Waals surface area contributed by atoms with Crippen molar-refractivity contribution in [3.8, 4) is 0 Å². The van der Waals surface area contributed by atoms with Gasteiger partial charge >= 0.3 is 5.97 Å². The second kappa shape index (κ2) is 4.92. The molecule has 0 amide bonds. The molecule has 2 heterocycles. The fourth-order valence-corrected chi connectivity index (χ4v) is 3.26. The topological polar surface area (TPSA) is 95.1 Å². The van der Waals surface area contributed by atoms with E-state index in [1.807, 2.05) is 31.2 Å². The molecule has 0 spiro atoms. The molecule has 0 bridgehead atoms. The fraction of sp³-hybridized carbons (Fsp3) is 0.167. The van der Waals surface area contributed by atoms with E-state index in [1.165, 1.54) is 0 Å². The molecule has 6 nitrogen and oxygen atoms in total. The first-order valence-corrected chi connectivity index (χ1v) is 7.60. The Balaban J connectivity index is 1.81. The van der Waals surface area contributed by atoms with Gasteiger partial charge in [-0.05, 0) is 42.8 Å². The van der Waals surface area contributed by atoms with Gasteiger partial charge in [-0.3, -0.25) is 4.79 Å². The first-order chi connectivity index (χ1) is 11.5. The van der Waals surface area contributed by atoms with Gasteiger partial charge in [0.25, 0.3) is 5.56 Å². The van der Waals surface area contributed by atoms with Crippen molar-refractivity contribution in [2.24, 2.45) is 0 Å². The summed E-state index contributed by atoms with van der Waals surface area (Å²) in [5.74, 6) is -0.965. The second-order valence-electron chi connectivity index (χ2n) is 6.24. The Morgan fingerprint density at radius 1 is 1.25 bits per heavy atom. The monoisotopic (exact) mass is 321 g/mol. The van der Waals surface area contributed by atoms with Crippen molar-refractivity contribution in [1.29, 1.82) is 0 Å². The predicted molar refractivity (Wildman–Crippen MR) is 90.4 cm³/mol. The molecule has 24 heavy (non-hydrogen) atoms. The Morgan fingerprint density at radius 2 is 2.04 bits per heavy atom. The highest BCUT2D eigenvalue weighted by atomic mass is 16.4. The Morgan fingerprint density at radius 3 is 2.83 bits per heavy atom. The molecule has 0 radical (unpaired) electrons. The molecule has 0 saturated heterocycles. The third-order valence-corrected chi connectivity index (χ3v) is 4.43. The van der Waals surface area contributed by atoms with Gasteiger partial charge < -0.3 is 15.4 Å². The average Bonchev–Trinajstić information content (AvgIpc) is 2.90. The smallest absolute Gasteiger partial charge is 0.335 e. The molecule has 1 aromatic heterocycles. The van der Waals surface area contributed by atoms with E-state index in [2.05, 4.69) is 15.3 Å². The van der Waals surface area contributed by atoms with Gasteiger partial charge in [-0.2, -0.15) is 0 Å². The van der Waals surface area contributed by atoms with Gasteiger partial charge in [0.2, 0.25) is 0 Å². The number of nitrogens with one attached hydrogen (secondary N) is 2. The molecular weight excluding hydrogens is 306 g/mol. The second-order valence-corrected chi connectivity index (χ2v) is 6.24. The number of H-pyrrole nitrogens is 1. The Hall–Kier alpha value is -3.15. The first kappa shape index (κ1) is 14.4. The lowest BCUT2D eigenvalue weighted by Gasteiger charge is -2.23. The molecule has 2 aromatic carbocycles. The number of fused-ring (bicyclic) bond motifs is 2. The van der Waals surface area contributed by atoms with Gasteiger partial charge in [-0.25, -0.2) is 9.78 Å². The third-order valence-electron chi connectivity index (χ3n) is 4.43. The summed E-state index contributed by atoms with van der Waals surface area (Å²) in [4.78, 5) is 31.1. The van der Waals surface area contributed by atoms with Crippen LogP contribution in [-0.4, -0.2) is 21.0 Å². The van der Waals surface area contributed by atoms with Gasteiger partial charge in [0.1, 0.15) is 5.69 Å². The van der Waals surface area contributed by atoms with Crippen LogP contribution in [0.15, 0.2) is 47.3 Å². The molecule has 1 aliphatic heterocycles. The Kier molecular flexibility index (Phi) is 2.96. The number of hydrogen-bond acceptors (Lipinski definition) is 4. The molecule has 1 aliphatic rings. The quantitative estimate of drug-likeness (QED) is 0.674. The van der Waals surface area contributed by atoms with Crippen molar-refractivity contribution in [2.75, 3.05) is 5.32 Å². The molecule has 3 aromatic rings. The number of hydrogen-bond donors (Lipinski definition) is 3. The Labute approximate surface area is 137 Å². The van der Waals surface area contributed by atoms with Gasteiger partial charge in [0.05, 0.1) is 22.1 Å². The first-order valence-electron chi connectivity index (χ1n) is 7.60. The SMILES string of the molecule is CC1(c2nc3ccccc3[nH]c2=O)Cc2cc(C(=O)O)ccc2N1. The highest BCUT2D eigenvalue weighted by Gasteiger charge is 2.37. The fourth-order valence-electron chi connectivity index (χ4n) is 3.26.